The van der Waals surface area contributed by atoms with Crippen molar-refractivity contribution in [1.82, 2.24) is 0 Å². The second-order valence-corrected chi connectivity index (χ2v) is 8.69. The fraction of sp³-hybridized carbons (Fsp3) is 0.750. The van der Waals surface area contributed by atoms with E-state index in [4.69, 9.17) is 10.9 Å². The first-order valence-corrected chi connectivity index (χ1v) is 9.60. The molecule has 80 valence electrons. The molecule has 0 aromatic heterocycles. The Morgan fingerprint density at radius 1 is 1.36 bits per heavy atom. The fourth-order valence-corrected chi connectivity index (χ4v) is 6.38. The minimum atomic E-state index is -2.62. The average molecular weight is 309 g/mol. The second kappa shape index (κ2) is 5.55. The Morgan fingerprint density at radius 3 is 2.64 bits per heavy atom. The van der Waals surface area contributed by atoms with Gasteiger partial charge in [-0.15, -0.1) is 0 Å². The Labute approximate surface area is 90.5 Å². The van der Waals surface area contributed by atoms with E-state index in [0.29, 0.717) is 6.42 Å². The van der Waals surface area contributed by atoms with Crippen molar-refractivity contribution in [1.29, 1.82) is 0 Å². The van der Waals surface area contributed by atoms with Gasteiger partial charge >= 0.3 is 90.4 Å². The van der Waals surface area contributed by atoms with E-state index in [9.17, 15) is 9.59 Å². The van der Waals surface area contributed by atoms with Crippen LogP contribution < -0.4 is 0 Å². The van der Waals surface area contributed by atoms with E-state index in [1.807, 2.05) is 0 Å². The first-order chi connectivity index (χ1) is 6.58. The Hall–Kier alpha value is -0.301. The van der Waals surface area contributed by atoms with E-state index in [1.54, 1.807) is 0 Å². The van der Waals surface area contributed by atoms with Gasteiger partial charge in [-0.25, -0.2) is 0 Å². The summed E-state index contributed by atoms with van der Waals surface area (Å²) in [5.41, 5.74) is 0. The predicted molar refractivity (Wildman–Crippen MR) is 49.6 cm³/mol. The van der Waals surface area contributed by atoms with Crippen molar-refractivity contribution in [2.75, 3.05) is 0 Å². The molecule has 0 N–H and O–H groups in total. The molecule has 2 unspecified atom stereocenters. The van der Waals surface area contributed by atoms with Crippen LogP contribution in [0.2, 0.25) is 4.44 Å². The molecule has 0 aromatic carbocycles. The molecule has 5 nitrogen and oxygen atoms in total. The molecule has 1 aliphatic heterocycles. The molecule has 0 radical (unpaired) electrons. The zero-order valence-electron chi connectivity index (χ0n) is 8.32. The summed E-state index contributed by atoms with van der Waals surface area (Å²) >= 11 is -2.62. The molecular formula is C8H14O5Sn. The van der Waals surface area contributed by atoms with Gasteiger partial charge in [0.25, 0.3) is 0 Å². The van der Waals surface area contributed by atoms with Gasteiger partial charge in [-0.1, -0.05) is 0 Å². The molecule has 0 bridgehead atoms. The number of rotatable bonds is 2. The van der Waals surface area contributed by atoms with E-state index >= 15 is 0 Å². The third-order valence-corrected chi connectivity index (χ3v) is 7.72. The van der Waals surface area contributed by atoms with Crippen LogP contribution in [0.15, 0.2) is 0 Å². The van der Waals surface area contributed by atoms with Crippen molar-refractivity contribution in [3.05, 3.63) is 0 Å². The molecule has 1 aliphatic rings. The molecule has 2 atom stereocenters. The minimum absolute atomic E-state index is 0.297. The molecule has 1 rings (SSSR count). The summed E-state index contributed by atoms with van der Waals surface area (Å²) in [5, 5.41) is 0. The van der Waals surface area contributed by atoms with E-state index < -0.39 is 26.9 Å². The molecular weight excluding hydrogens is 295 g/mol. The van der Waals surface area contributed by atoms with Crippen molar-refractivity contribution in [2.45, 2.75) is 37.4 Å². The van der Waals surface area contributed by atoms with Gasteiger partial charge in [0.2, 0.25) is 0 Å². The predicted octanol–water partition coefficient (Wildman–Crippen LogP) is 0.470. The first kappa shape index (κ1) is 11.8. The van der Waals surface area contributed by atoms with Crippen molar-refractivity contribution in [2.24, 2.45) is 0 Å². The van der Waals surface area contributed by atoms with Crippen LogP contribution in [0.3, 0.4) is 0 Å². The van der Waals surface area contributed by atoms with Crippen molar-refractivity contribution in [3.8, 4) is 0 Å². The SMILES string of the molecule is CC(=O)OC1CC[CH2][SnH]([O]C(C)=O)[O]1. The Morgan fingerprint density at radius 2 is 2.07 bits per heavy atom. The summed E-state index contributed by atoms with van der Waals surface area (Å²) in [5.74, 6) is -0.654. The van der Waals surface area contributed by atoms with Gasteiger partial charge in [-0.05, 0) is 0 Å². The van der Waals surface area contributed by atoms with Crippen LogP contribution in [0.1, 0.15) is 26.7 Å². The zero-order chi connectivity index (χ0) is 10.6. The number of carbonyl (C=O) groups excluding carboxylic acids is 2. The fourth-order valence-electron chi connectivity index (χ4n) is 1.30. The van der Waals surface area contributed by atoms with Crippen LogP contribution in [0.25, 0.3) is 0 Å². The van der Waals surface area contributed by atoms with Crippen LogP contribution in [0, 0.1) is 0 Å². The van der Waals surface area contributed by atoms with Gasteiger partial charge in [-0.3, -0.25) is 0 Å². The number of hydrogen-bond donors (Lipinski definition) is 0. The third kappa shape index (κ3) is 4.27. The topological polar surface area (TPSA) is 61.8 Å². The average Bonchev–Trinajstić information content (AvgIpc) is 2.01. The summed E-state index contributed by atoms with van der Waals surface area (Å²) in [6.07, 6.45) is 1.13. The maximum atomic E-state index is 10.7. The quantitative estimate of drug-likeness (QED) is 0.548. The van der Waals surface area contributed by atoms with Crippen molar-refractivity contribution >= 4 is 32.5 Å². The standard InChI is InChI=1S/C6H10O3.C2H4O2.Sn.H/c1-3-4-6(8)9-5(2)7;1-2(3)4;;/h6H,1,3-4H2,2H3;1H3,(H,3,4);;/q-1;;+2;/p-1. The Balaban J connectivity index is 2.35. The number of carbonyl (C=O) groups is 2. The van der Waals surface area contributed by atoms with Crippen molar-refractivity contribution in [3.63, 3.8) is 0 Å². The number of hydrogen-bond acceptors (Lipinski definition) is 5. The molecule has 1 saturated heterocycles. The van der Waals surface area contributed by atoms with E-state index in [0.717, 1.165) is 10.9 Å². The van der Waals surface area contributed by atoms with Gasteiger partial charge < -0.3 is 0 Å². The third-order valence-electron chi connectivity index (χ3n) is 1.78. The summed E-state index contributed by atoms with van der Waals surface area (Å²) in [4.78, 5) is 21.3. The molecule has 1 heterocycles. The molecule has 1 fully saturated rings. The van der Waals surface area contributed by atoms with Crippen LogP contribution in [-0.4, -0.2) is 38.8 Å². The number of esters is 1. The molecule has 6 heteroatoms. The van der Waals surface area contributed by atoms with E-state index in [2.05, 4.69) is 0 Å². The monoisotopic (exact) mass is 310 g/mol. The van der Waals surface area contributed by atoms with Crippen molar-refractivity contribution < 1.29 is 20.5 Å². The van der Waals surface area contributed by atoms with Gasteiger partial charge in [0.05, 0.1) is 0 Å². The molecule has 0 saturated carbocycles. The summed E-state index contributed by atoms with van der Waals surface area (Å²) < 4.78 is 16.3. The van der Waals surface area contributed by atoms with Crippen LogP contribution in [0.5, 0.6) is 0 Å². The molecule has 0 amide bonds. The molecule has 14 heavy (non-hydrogen) atoms. The van der Waals surface area contributed by atoms with Gasteiger partial charge in [0, 0.05) is 0 Å². The van der Waals surface area contributed by atoms with Crippen LogP contribution >= 0.6 is 0 Å². The van der Waals surface area contributed by atoms with E-state index in [1.165, 1.54) is 13.8 Å². The molecule has 0 aliphatic carbocycles. The van der Waals surface area contributed by atoms with Gasteiger partial charge in [0.15, 0.2) is 0 Å². The van der Waals surface area contributed by atoms with Gasteiger partial charge in [-0.2, -0.15) is 0 Å². The second-order valence-electron chi connectivity index (χ2n) is 3.14. The summed E-state index contributed by atoms with van der Waals surface area (Å²) in [7, 11) is 0. The first-order valence-electron chi connectivity index (χ1n) is 4.58. The Kier molecular flexibility index (Phi) is 4.67. The summed E-state index contributed by atoms with van der Waals surface area (Å²) in [6, 6.07) is 0. The normalized spacial score (nSPS) is 26.7. The van der Waals surface area contributed by atoms with Crippen LogP contribution in [-0.2, 0) is 20.5 Å². The van der Waals surface area contributed by atoms with Gasteiger partial charge in [0.1, 0.15) is 0 Å². The van der Waals surface area contributed by atoms with Crippen LogP contribution in [0.4, 0.5) is 0 Å². The zero-order valence-corrected chi connectivity index (χ0v) is 11.6. The molecule has 0 aromatic rings. The van der Waals surface area contributed by atoms with E-state index in [-0.39, 0.29) is 11.9 Å². The summed E-state index contributed by atoms with van der Waals surface area (Å²) in [6.45, 7) is 2.71. The molecule has 0 spiro atoms. The maximum absolute atomic E-state index is 10.7. The number of ether oxygens (including phenoxy) is 1. The Bertz CT molecular complexity index is 208.